The van der Waals surface area contributed by atoms with Gasteiger partial charge in [-0.1, -0.05) is 13.8 Å². The Bertz CT molecular complexity index is 313. The van der Waals surface area contributed by atoms with Crippen molar-refractivity contribution >= 4 is 17.9 Å². The molecule has 1 aliphatic heterocycles. The summed E-state index contributed by atoms with van der Waals surface area (Å²) in [6.45, 7) is 11.3. The van der Waals surface area contributed by atoms with E-state index in [1.54, 1.807) is 0 Å². The molecule has 1 fully saturated rings. The maximum absolute atomic E-state index is 11.7. The van der Waals surface area contributed by atoms with Gasteiger partial charge in [-0.05, 0) is 51.3 Å². The molecule has 19 heavy (non-hydrogen) atoms. The average Bonchev–Trinajstić information content (AvgIpc) is 2.57. The van der Waals surface area contributed by atoms with Gasteiger partial charge in [0.1, 0.15) is 5.60 Å². The highest BCUT2D eigenvalue weighted by Gasteiger charge is 2.39. The first kappa shape index (κ1) is 16.6. The van der Waals surface area contributed by atoms with Crippen molar-refractivity contribution in [3.8, 4) is 0 Å². The maximum atomic E-state index is 11.7. The van der Waals surface area contributed by atoms with E-state index in [1.165, 1.54) is 12.2 Å². The lowest BCUT2D eigenvalue weighted by Gasteiger charge is -2.33. The fourth-order valence-corrected chi connectivity index (χ4v) is 4.05. The van der Waals surface area contributed by atoms with Gasteiger partial charge in [-0.2, -0.15) is 11.8 Å². The van der Waals surface area contributed by atoms with Gasteiger partial charge in [-0.25, -0.2) is 4.79 Å². The number of hydrogen-bond donors (Lipinski definition) is 2. The Hall–Kier alpha value is -0.420. The molecule has 0 aromatic rings. The smallest absolute Gasteiger partial charge is 0.407 e. The van der Waals surface area contributed by atoms with Crippen LogP contribution in [-0.2, 0) is 4.74 Å². The van der Waals surface area contributed by atoms with Crippen LogP contribution < -0.4 is 11.1 Å². The van der Waals surface area contributed by atoms with Crippen LogP contribution in [0.25, 0.3) is 0 Å². The van der Waals surface area contributed by atoms with E-state index in [0.29, 0.717) is 24.9 Å². The van der Waals surface area contributed by atoms with Crippen LogP contribution in [0.4, 0.5) is 4.79 Å². The van der Waals surface area contributed by atoms with Gasteiger partial charge in [-0.15, -0.1) is 0 Å². The highest BCUT2D eigenvalue weighted by atomic mass is 32.2. The molecule has 2 unspecified atom stereocenters. The highest BCUT2D eigenvalue weighted by Crippen LogP contribution is 2.45. The molecule has 4 nitrogen and oxygen atoms in total. The summed E-state index contributed by atoms with van der Waals surface area (Å²) >= 11 is 2.00. The van der Waals surface area contributed by atoms with Crippen LogP contribution in [0, 0.1) is 11.8 Å². The molecule has 112 valence electrons. The van der Waals surface area contributed by atoms with Gasteiger partial charge in [0, 0.05) is 11.3 Å². The molecule has 0 aliphatic carbocycles. The quantitative estimate of drug-likeness (QED) is 0.834. The first-order valence-electron chi connectivity index (χ1n) is 6.96. The molecular weight excluding hydrogens is 260 g/mol. The summed E-state index contributed by atoms with van der Waals surface area (Å²) in [7, 11) is 0. The van der Waals surface area contributed by atoms with Crippen molar-refractivity contribution in [2.45, 2.75) is 51.4 Å². The predicted molar refractivity (Wildman–Crippen MR) is 81.4 cm³/mol. The van der Waals surface area contributed by atoms with Gasteiger partial charge in [0.2, 0.25) is 0 Å². The zero-order chi connectivity index (χ0) is 14.7. The van der Waals surface area contributed by atoms with E-state index < -0.39 is 5.60 Å². The molecule has 5 heteroatoms. The molecule has 1 rings (SSSR count). The minimum Gasteiger partial charge on any atom is -0.444 e. The second-order valence-electron chi connectivity index (χ2n) is 6.73. The van der Waals surface area contributed by atoms with E-state index in [2.05, 4.69) is 19.2 Å². The molecule has 0 aromatic carbocycles. The molecule has 0 bridgehead atoms. The van der Waals surface area contributed by atoms with Crippen LogP contribution in [0.15, 0.2) is 0 Å². The molecule has 0 aromatic heterocycles. The minimum atomic E-state index is -0.454. The number of ether oxygens (including phenoxy) is 1. The number of nitrogens with one attached hydrogen (secondary N) is 1. The molecule has 0 spiro atoms. The Labute approximate surface area is 121 Å². The average molecular weight is 288 g/mol. The van der Waals surface area contributed by atoms with Gasteiger partial charge in [0.15, 0.2) is 0 Å². The van der Waals surface area contributed by atoms with Crippen LogP contribution in [0.3, 0.4) is 0 Å². The third-order valence-electron chi connectivity index (χ3n) is 3.58. The zero-order valence-corrected chi connectivity index (χ0v) is 13.6. The maximum Gasteiger partial charge on any atom is 0.407 e. The highest BCUT2D eigenvalue weighted by molar-refractivity contribution is 8.00. The summed E-state index contributed by atoms with van der Waals surface area (Å²) in [6, 6.07) is 0. The summed E-state index contributed by atoms with van der Waals surface area (Å²) in [6.07, 6.45) is 0.824. The fraction of sp³-hybridized carbons (Fsp3) is 0.929. The van der Waals surface area contributed by atoms with E-state index in [9.17, 15) is 4.79 Å². The van der Waals surface area contributed by atoms with Gasteiger partial charge in [0.25, 0.3) is 0 Å². The van der Waals surface area contributed by atoms with E-state index in [4.69, 9.17) is 10.5 Å². The molecule has 1 aliphatic rings. The first-order chi connectivity index (χ1) is 8.65. The van der Waals surface area contributed by atoms with Crippen LogP contribution in [0.5, 0.6) is 0 Å². The third-order valence-corrected chi connectivity index (χ3v) is 5.06. The molecule has 1 saturated heterocycles. The Morgan fingerprint density at radius 2 is 2.16 bits per heavy atom. The molecular formula is C14H28N2O2S. The standard InChI is InChI=1S/C14H28N2O2S/c1-13(2,3)18-12(17)16-9-10(8-15)11-6-7-19-14(11,4)5/h10-11H,6-9,15H2,1-5H3,(H,16,17). The molecule has 2 atom stereocenters. The summed E-state index contributed by atoms with van der Waals surface area (Å²) in [5, 5.41) is 2.85. The second-order valence-corrected chi connectivity index (χ2v) is 8.47. The summed E-state index contributed by atoms with van der Waals surface area (Å²) in [5.41, 5.74) is 5.43. The summed E-state index contributed by atoms with van der Waals surface area (Å²) in [5.74, 6) is 2.05. The summed E-state index contributed by atoms with van der Waals surface area (Å²) < 4.78 is 5.50. The Kier molecular flexibility index (Phi) is 5.56. The first-order valence-corrected chi connectivity index (χ1v) is 7.95. The van der Waals surface area contributed by atoms with E-state index in [1.807, 2.05) is 32.5 Å². The third kappa shape index (κ3) is 5.22. The number of nitrogens with two attached hydrogens (primary N) is 1. The normalized spacial score (nSPS) is 24.0. The van der Waals surface area contributed by atoms with Crippen LogP contribution in [0.1, 0.15) is 41.0 Å². The Morgan fingerprint density at radius 1 is 1.53 bits per heavy atom. The van der Waals surface area contributed by atoms with Gasteiger partial charge >= 0.3 is 6.09 Å². The fourth-order valence-electron chi connectivity index (χ4n) is 2.63. The van der Waals surface area contributed by atoms with Crippen LogP contribution in [0.2, 0.25) is 0 Å². The molecule has 1 amide bonds. The second kappa shape index (κ2) is 6.35. The van der Waals surface area contributed by atoms with Gasteiger partial charge < -0.3 is 15.8 Å². The molecule has 3 N–H and O–H groups in total. The molecule has 0 radical (unpaired) electrons. The Balaban J connectivity index is 2.47. The van der Waals surface area contributed by atoms with E-state index in [-0.39, 0.29) is 10.8 Å². The monoisotopic (exact) mass is 288 g/mol. The topological polar surface area (TPSA) is 64.3 Å². The number of thioether (sulfide) groups is 1. The van der Waals surface area contributed by atoms with Gasteiger partial charge in [0.05, 0.1) is 0 Å². The van der Waals surface area contributed by atoms with Crippen molar-refractivity contribution in [2.75, 3.05) is 18.8 Å². The van der Waals surface area contributed by atoms with E-state index >= 15 is 0 Å². The number of carbonyl (C=O) groups excluding carboxylic acids is 1. The largest absolute Gasteiger partial charge is 0.444 e. The SMILES string of the molecule is CC(C)(C)OC(=O)NCC(CN)C1CCSC1(C)C. The van der Waals surface area contributed by atoms with Crippen molar-refractivity contribution in [3.05, 3.63) is 0 Å². The predicted octanol–water partition coefficient (Wildman–Crippen LogP) is 2.62. The van der Waals surface area contributed by atoms with Crippen molar-refractivity contribution in [1.29, 1.82) is 0 Å². The van der Waals surface area contributed by atoms with Crippen molar-refractivity contribution in [3.63, 3.8) is 0 Å². The van der Waals surface area contributed by atoms with E-state index in [0.717, 1.165) is 0 Å². The van der Waals surface area contributed by atoms with Crippen molar-refractivity contribution in [2.24, 2.45) is 17.6 Å². The lowest BCUT2D eigenvalue weighted by molar-refractivity contribution is 0.0512. The number of carbonyl (C=O) groups is 1. The molecule has 0 saturated carbocycles. The van der Waals surface area contributed by atoms with Crippen molar-refractivity contribution in [1.82, 2.24) is 5.32 Å². The van der Waals surface area contributed by atoms with Crippen LogP contribution in [-0.4, -0.2) is 35.3 Å². The lowest BCUT2D eigenvalue weighted by atomic mass is 9.81. The summed E-state index contributed by atoms with van der Waals surface area (Å²) in [4.78, 5) is 11.7. The number of rotatable bonds is 4. The van der Waals surface area contributed by atoms with Crippen molar-refractivity contribution < 1.29 is 9.53 Å². The number of amides is 1. The minimum absolute atomic E-state index is 0.250. The molecule has 1 heterocycles. The number of hydrogen-bond acceptors (Lipinski definition) is 4. The Morgan fingerprint density at radius 3 is 2.58 bits per heavy atom. The van der Waals surface area contributed by atoms with Gasteiger partial charge in [-0.3, -0.25) is 0 Å². The zero-order valence-electron chi connectivity index (χ0n) is 12.8. The lowest BCUT2D eigenvalue weighted by Crippen LogP contribution is -2.42. The number of alkyl carbamates (subject to hydrolysis) is 1. The van der Waals surface area contributed by atoms with Crippen LogP contribution >= 0.6 is 11.8 Å².